The summed E-state index contributed by atoms with van der Waals surface area (Å²) in [6.07, 6.45) is 0. The van der Waals surface area contributed by atoms with E-state index in [2.05, 4.69) is 10.5 Å². The van der Waals surface area contributed by atoms with E-state index in [1.165, 1.54) is 0 Å². The van der Waals surface area contributed by atoms with Gasteiger partial charge in [0.1, 0.15) is 5.76 Å². The number of nitrogens with zero attached hydrogens (tertiary/aromatic N) is 1. The van der Waals surface area contributed by atoms with Crippen LogP contribution < -0.4 is 5.32 Å². The number of hydrogen-bond donors (Lipinski definition) is 1. The summed E-state index contributed by atoms with van der Waals surface area (Å²) >= 11 is 12.0. The highest BCUT2D eigenvalue weighted by Crippen LogP contribution is 2.26. The van der Waals surface area contributed by atoms with Gasteiger partial charge in [-0.1, -0.05) is 34.4 Å². The molecule has 1 unspecified atom stereocenters. The predicted molar refractivity (Wildman–Crippen MR) is 73.0 cm³/mol. The van der Waals surface area contributed by atoms with Gasteiger partial charge in [0.25, 0.3) is 0 Å². The molecular formula is C13H14Cl2N2O. The fourth-order valence-corrected chi connectivity index (χ4v) is 2.29. The monoisotopic (exact) mass is 284 g/mol. The Morgan fingerprint density at radius 3 is 2.72 bits per heavy atom. The first-order valence-electron chi connectivity index (χ1n) is 5.67. The first-order chi connectivity index (χ1) is 8.56. The molecule has 1 heterocycles. The van der Waals surface area contributed by atoms with Crippen molar-refractivity contribution in [2.24, 2.45) is 0 Å². The quantitative estimate of drug-likeness (QED) is 0.917. The van der Waals surface area contributed by atoms with Gasteiger partial charge in [0, 0.05) is 28.7 Å². The molecule has 0 radical (unpaired) electrons. The Hall–Kier alpha value is -1.03. The standard InChI is InChI=1S/C13H14Cl2N2O/c1-8-5-11(17-18-8)7-16-9(2)12-4-3-10(14)6-13(12)15/h3-6,9,16H,7H2,1-2H3. The lowest BCUT2D eigenvalue weighted by Gasteiger charge is -2.14. The molecular weight excluding hydrogens is 271 g/mol. The van der Waals surface area contributed by atoms with E-state index in [9.17, 15) is 0 Å². The topological polar surface area (TPSA) is 38.1 Å². The Morgan fingerprint density at radius 1 is 1.33 bits per heavy atom. The smallest absolute Gasteiger partial charge is 0.133 e. The van der Waals surface area contributed by atoms with E-state index in [4.69, 9.17) is 27.7 Å². The van der Waals surface area contributed by atoms with Crippen LogP contribution in [0, 0.1) is 6.92 Å². The third kappa shape index (κ3) is 3.25. The number of nitrogens with one attached hydrogen (secondary N) is 1. The molecule has 5 heteroatoms. The second-order valence-electron chi connectivity index (χ2n) is 4.20. The van der Waals surface area contributed by atoms with E-state index in [0.717, 1.165) is 17.0 Å². The Morgan fingerprint density at radius 2 is 2.11 bits per heavy atom. The van der Waals surface area contributed by atoms with Crippen LogP contribution in [0.5, 0.6) is 0 Å². The Bertz CT molecular complexity index is 540. The first-order valence-corrected chi connectivity index (χ1v) is 6.42. The number of benzene rings is 1. The molecule has 1 aromatic heterocycles. The number of hydrogen-bond acceptors (Lipinski definition) is 3. The fourth-order valence-electron chi connectivity index (χ4n) is 1.72. The van der Waals surface area contributed by atoms with Crippen LogP contribution in [0.3, 0.4) is 0 Å². The van der Waals surface area contributed by atoms with Gasteiger partial charge in [0.2, 0.25) is 0 Å². The normalized spacial score (nSPS) is 12.7. The molecule has 0 saturated carbocycles. The summed E-state index contributed by atoms with van der Waals surface area (Å²) in [7, 11) is 0. The molecule has 0 fully saturated rings. The van der Waals surface area contributed by atoms with Crippen molar-refractivity contribution >= 4 is 23.2 Å². The highest BCUT2D eigenvalue weighted by molar-refractivity contribution is 6.35. The van der Waals surface area contributed by atoms with E-state index in [1.807, 2.05) is 32.0 Å². The number of aryl methyl sites for hydroxylation is 1. The molecule has 0 aliphatic heterocycles. The van der Waals surface area contributed by atoms with Crippen LogP contribution in [0.1, 0.15) is 30.0 Å². The van der Waals surface area contributed by atoms with E-state index in [1.54, 1.807) is 6.07 Å². The van der Waals surface area contributed by atoms with Gasteiger partial charge in [-0.15, -0.1) is 0 Å². The lowest BCUT2D eigenvalue weighted by atomic mass is 10.1. The van der Waals surface area contributed by atoms with Crippen LogP contribution in [0.15, 0.2) is 28.8 Å². The third-order valence-corrected chi connectivity index (χ3v) is 3.26. The van der Waals surface area contributed by atoms with Gasteiger partial charge >= 0.3 is 0 Å². The van der Waals surface area contributed by atoms with E-state index in [0.29, 0.717) is 16.6 Å². The molecule has 1 N–H and O–H groups in total. The Kier molecular flexibility index (Phi) is 4.27. The van der Waals surface area contributed by atoms with Crippen molar-refractivity contribution in [3.63, 3.8) is 0 Å². The van der Waals surface area contributed by atoms with Crippen LogP contribution in [0.4, 0.5) is 0 Å². The second kappa shape index (κ2) is 5.74. The zero-order valence-corrected chi connectivity index (χ0v) is 11.7. The summed E-state index contributed by atoms with van der Waals surface area (Å²) in [6, 6.07) is 7.53. The molecule has 1 atom stereocenters. The van der Waals surface area contributed by atoms with Gasteiger partial charge < -0.3 is 9.84 Å². The number of aromatic nitrogens is 1. The van der Waals surface area contributed by atoms with Crippen LogP contribution in [-0.2, 0) is 6.54 Å². The maximum atomic E-state index is 6.15. The van der Waals surface area contributed by atoms with Crippen LogP contribution >= 0.6 is 23.2 Å². The van der Waals surface area contributed by atoms with E-state index in [-0.39, 0.29) is 6.04 Å². The van der Waals surface area contributed by atoms with Crippen LogP contribution in [-0.4, -0.2) is 5.16 Å². The molecule has 0 aliphatic rings. The number of halogens is 2. The van der Waals surface area contributed by atoms with Crippen molar-refractivity contribution in [2.75, 3.05) is 0 Å². The highest BCUT2D eigenvalue weighted by atomic mass is 35.5. The molecule has 0 bridgehead atoms. The SMILES string of the molecule is Cc1cc(CNC(C)c2ccc(Cl)cc2Cl)no1. The van der Waals surface area contributed by atoms with Crippen molar-refractivity contribution in [3.8, 4) is 0 Å². The second-order valence-corrected chi connectivity index (χ2v) is 5.04. The summed E-state index contributed by atoms with van der Waals surface area (Å²) in [5, 5.41) is 8.57. The summed E-state index contributed by atoms with van der Waals surface area (Å²) in [6.45, 7) is 4.55. The van der Waals surface area contributed by atoms with Gasteiger partial charge in [0.05, 0.1) is 5.69 Å². The minimum atomic E-state index is 0.117. The van der Waals surface area contributed by atoms with Gasteiger partial charge in [0.15, 0.2) is 0 Å². The van der Waals surface area contributed by atoms with Crippen molar-refractivity contribution in [1.29, 1.82) is 0 Å². The van der Waals surface area contributed by atoms with Gasteiger partial charge in [-0.3, -0.25) is 0 Å². The maximum Gasteiger partial charge on any atom is 0.133 e. The molecule has 0 aliphatic carbocycles. The molecule has 96 valence electrons. The zero-order valence-electron chi connectivity index (χ0n) is 10.2. The van der Waals surface area contributed by atoms with Crippen LogP contribution in [0.25, 0.3) is 0 Å². The molecule has 0 spiro atoms. The largest absolute Gasteiger partial charge is 0.361 e. The predicted octanol–water partition coefficient (Wildman–Crippen LogP) is 4.14. The first kappa shape index (κ1) is 13.4. The summed E-state index contributed by atoms with van der Waals surface area (Å²) in [5.74, 6) is 0.809. The van der Waals surface area contributed by atoms with Gasteiger partial charge in [-0.2, -0.15) is 0 Å². The van der Waals surface area contributed by atoms with Crippen molar-refractivity contribution in [2.45, 2.75) is 26.4 Å². The summed E-state index contributed by atoms with van der Waals surface area (Å²) < 4.78 is 5.01. The average Bonchev–Trinajstić information content (AvgIpc) is 2.72. The molecule has 0 saturated heterocycles. The van der Waals surface area contributed by atoms with Crippen molar-refractivity contribution in [1.82, 2.24) is 10.5 Å². The lowest BCUT2D eigenvalue weighted by Crippen LogP contribution is -2.18. The Labute approximate surface area is 116 Å². The van der Waals surface area contributed by atoms with Crippen molar-refractivity contribution < 1.29 is 4.52 Å². The van der Waals surface area contributed by atoms with Gasteiger partial charge in [-0.05, 0) is 31.5 Å². The minimum absolute atomic E-state index is 0.117. The zero-order chi connectivity index (χ0) is 13.1. The molecule has 2 aromatic rings. The average molecular weight is 285 g/mol. The maximum absolute atomic E-state index is 6.15. The highest BCUT2D eigenvalue weighted by Gasteiger charge is 2.10. The number of rotatable bonds is 4. The fraction of sp³-hybridized carbons (Fsp3) is 0.308. The molecule has 3 nitrogen and oxygen atoms in total. The molecule has 1 aromatic carbocycles. The third-order valence-electron chi connectivity index (χ3n) is 2.70. The molecule has 0 amide bonds. The van der Waals surface area contributed by atoms with E-state index >= 15 is 0 Å². The molecule has 18 heavy (non-hydrogen) atoms. The van der Waals surface area contributed by atoms with Crippen LogP contribution in [0.2, 0.25) is 10.0 Å². The molecule has 2 rings (SSSR count). The minimum Gasteiger partial charge on any atom is -0.361 e. The summed E-state index contributed by atoms with van der Waals surface area (Å²) in [5.41, 5.74) is 1.89. The Balaban J connectivity index is 2.01. The van der Waals surface area contributed by atoms with Crippen molar-refractivity contribution in [3.05, 3.63) is 51.3 Å². The lowest BCUT2D eigenvalue weighted by molar-refractivity contribution is 0.386. The van der Waals surface area contributed by atoms with E-state index < -0.39 is 0 Å². The summed E-state index contributed by atoms with van der Waals surface area (Å²) in [4.78, 5) is 0. The van der Waals surface area contributed by atoms with Gasteiger partial charge in [-0.25, -0.2) is 0 Å².